The molecular formula is C21H20. The maximum Gasteiger partial charge on any atom is -0.0184 e. The summed E-state index contributed by atoms with van der Waals surface area (Å²) in [4.78, 5) is 0. The van der Waals surface area contributed by atoms with Crippen LogP contribution in [0.5, 0.6) is 0 Å². The van der Waals surface area contributed by atoms with E-state index >= 15 is 0 Å². The van der Waals surface area contributed by atoms with E-state index in [9.17, 15) is 0 Å². The van der Waals surface area contributed by atoms with E-state index in [1.165, 1.54) is 34.2 Å². The van der Waals surface area contributed by atoms with Crippen molar-refractivity contribution in [2.24, 2.45) is 0 Å². The molecule has 0 N–H and O–H groups in total. The lowest BCUT2D eigenvalue weighted by Gasteiger charge is -2.06. The van der Waals surface area contributed by atoms with Crippen LogP contribution in [0.25, 0.3) is 22.3 Å². The van der Waals surface area contributed by atoms with E-state index in [2.05, 4.69) is 85.8 Å². The second-order valence-electron chi connectivity index (χ2n) is 5.39. The fourth-order valence-electron chi connectivity index (χ4n) is 2.64. The summed E-state index contributed by atoms with van der Waals surface area (Å²) in [5.41, 5.74) is 6.51. The number of hydrogen-bond acceptors (Lipinski definition) is 0. The van der Waals surface area contributed by atoms with E-state index in [4.69, 9.17) is 0 Å². The Labute approximate surface area is 127 Å². The zero-order chi connectivity index (χ0) is 14.5. The third kappa shape index (κ3) is 3.22. The van der Waals surface area contributed by atoms with Gasteiger partial charge in [-0.25, -0.2) is 0 Å². The summed E-state index contributed by atoms with van der Waals surface area (Å²) >= 11 is 0. The molecule has 0 saturated carbocycles. The Kier molecular flexibility index (Phi) is 4.16. The molecule has 0 aliphatic rings. The monoisotopic (exact) mass is 272 g/mol. The molecule has 0 radical (unpaired) electrons. The molecular weight excluding hydrogens is 252 g/mol. The Morgan fingerprint density at radius 3 is 1.43 bits per heavy atom. The van der Waals surface area contributed by atoms with Crippen molar-refractivity contribution in [1.29, 1.82) is 0 Å². The van der Waals surface area contributed by atoms with E-state index in [-0.39, 0.29) is 0 Å². The van der Waals surface area contributed by atoms with Gasteiger partial charge in [0.15, 0.2) is 0 Å². The Morgan fingerprint density at radius 2 is 0.952 bits per heavy atom. The predicted octanol–water partition coefficient (Wildman–Crippen LogP) is 5.97. The van der Waals surface area contributed by atoms with Gasteiger partial charge in [0.2, 0.25) is 0 Å². The van der Waals surface area contributed by atoms with Crippen molar-refractivity contribution in [2.75, 3.05) is 0 Å². The minimum Gasteiger partial charge on any atom is -0.0651 e. The molecule has 0 amide bonds. The first-order chi connectivity index (χ1) is 10.4. The summed E-state index contributed by atoms with van der Waals surface area (Å²) in [5.74, 6) is 0. The van der Waals surface area contributed by atoms with Crippen molar-refractivity contribution in [3.05, 3.63) is 84.4 Å². The standard InChI is InChI=1S/C21H20/c1-2-6-17-9-11-19(12-10-17)21-15-13-20(14-16-21)18-7-4-3-5-8-18/h3-5,7-16H,2,6H2,1H3. The van der Waals surface area contributed by atoms with Crippen molar-refractivity contribution >= 4 is 0 Å². The highest BCUT2D eigenvalue weighted by Crippen LogP contribution is 2.25. The van der Waals surface area contributed by atoms with E-state index in [0.29, 0.717) is 0 Å². The molecule has 0 heteroatoms. The molecule has 0 atom stereocenters. The Bertz CT molecular complexity index is 676. The van der Waals surface area contributed by atoms with Gasteiger partial charge in [-0.15, -0.1) is 0 Å². The first kappa shape index (κ1) is 13.6. The molecule has 104 valence electrons. The summed E-state index contributed by atoms with van der Waals surface area (Å²) in [5, 5.41) is 0. The fraction of sp³-hybridized carbons (Fsp3) is 0.143. The lowest BCUT2D eigenvalue weighted by atomic mass is 9.99. The second-order valence-corrected chi connectivity index (χ2v) is 5.39. The molecule has 0 aliphatic carbocycles. The molecule has 0 bridgehead atoms. The Hall–Kier alpha value is -2.34. The smallest absolute Gasteiger partial charge is 0.0184 e. The van der Waals surface area contributed by atoms with Crippen LogP contribution < -0.4 is 0 Å². The van der Waals surface area contributed by atoms with Gasteiger partial charge in [0.25, 0.3) is 0 Å². The van der Waals surface area contributed by atoms with Crippen molar-refractivity contribution in [3.8, 4) is 22.3 Å². The third-order valence-corrected chi connectivity index (χ3v) is 3.82. The number of rotatable bonds is 4. The molecule has 0 saturated heterocycles. The second kappa shape index (κ2) is 6.41. The number of benzene rings is 3. The van der Waals surface area contributed by atoms with E-state index in [1.807, 2.05) is 0 Å². The van der Waals surface area contributed by atoms with Gasteiger partial charge in [0.05, 0.1) is 0 Å². The van der Waals surface area contributed by atoms with Crippen LogP contribution in [0.3, 0.4) is 0 Å². The van der Waals surface area contributed by atoms with Gasteiger partial charge in [-0.2, -0.15) is 0 Å². The highest BCUT2D eigenvalue weighted by molar-refractivity contribution is 5.70. The van der Waals surface area contributed by atoms with Crippen LogP contribution in [0.4, 0.5) is 0 Å². The molecule has 0 aromatic heterocycles. The average Bonchev–Trinajstić information content (AvgIpc) is 2.57. The van der Waals surface area contributed by atoms with Crippen LogP contribution in [-0.2, 0) is 6.42 Å². The lowest BCUT2D eigenvalue weighted by molar-refractivity contribution is 0.922. The van der Waals surface area contributed by atoms with Gasteiger partial charge < -0.3 is 0 Å². The van der Waals surface area contributed by atoms with Gasteiger partial charge in [0, 0.05) is 0 Å². The van der Waals surface area contributed by atoms with Gasteiger partial charge >= 0.3 is 0 Å². The van der Waals surface area contributed by atoms with Gasteiger partial charge in [-0.05, 0) is 34.2 Å². The Morgan fingerprint density at radius 1 is 0.524 bits per heavy atom. The maximum atomic E-state index is 2.24. The van der Waals surface area contributed by atoms with Crippen molar-refractivity contribution in [3.63, 3.8) is 0 Å². The van der Waals surface area contributed by atoms with Crippen LogP contribution in [0.15, 0.2) is 78.9 Å². The van der Waals surface area contributed by atoms with Crippen LogP contribution >= 0.6 is 0 Å². The third-order valence-electron chi connectivity index (χ3n) is 3.82. The summed E-state index contributed by atoms with van der Waals surface area (Å²) in [6.45, 7) is 2.22. The minimum atomic E-state index is 1.16. The molecule has 3 rings (SSSR count). The SMILES string of the molecule is CCCc1ccc(-c2ccc(-c3ccccc3)cc2)cc1. The van der Waals surface area contributed by atoms with Crippen LogP contribution in [-0.4, -0.2) is 0 Å². The zero-order valence-corrected chi connectivity index (χ0v) is 12.4. The van der Waals surface area contributed by atoms with E-state index in [1.54, 1.807) is 0 Å². The van der Waals surface area contributed by atoms with E-state index in [0.717, 1.165) is 6.42 Å². The van der Waals surface area contributed by atoms with Gasteiger partial charge in [-0.3, -0.25) is 0 Å². The molecule has 0 fully saturated rings. The van der Waals surface area contributed by atoms with Crippen molar-refractivity contribution in [1.82, 2.24) is 0 Å². The number of hydrogen-bond donors (Lipinski definition) is 0. The van der Waals surface area contributed by atoms with Gasteiger partial charge in [0.1, 0.15) is 0 Å². The first-order valence-corrected chi connectivity index (χ1v) is 7.61. The lowest BCUT2D eigenvalue weighted by Crippen LogP contribution is -1.84. The summed E-state index contributed by atoms with van der Waals surface area (Å²) in [7, 11) is 0. The van der Waals surface area contributed by atoms with Crippen LogP contribution in [0, 0.1) is 0 Å². The number of aryl methyl sites for hydroxylation is 1. The molecule has 3 aromatic rings. The molecule has 3 aromatic carbocycles. The predicted molar refractivity (Wildman–Crippen MR) is 91.3 cm³/mol. The minimum absolute atomic E-state index is 1.16. The summed E-state index contributed by atoms with van der Waals surface area (Å²) in [6.07, 6.45) is 2.36. The Balaban J connectivity index is 1.84. The zero-order valence-electron chi connectivity index (χ0n) is 12.4. The quantitative estimate of drug-likeness (QED) is 0.548. The maximum absolute atomic E-state index is 2.24. The molecule has 0 spiro atoms. The summed E-state index contributed by atoms with van der Waals surface area (Å²) < 4.78 is 0. The average molecular weight is 272 g/mol. The largest absolute Gasteiger partial charge is 0.0651 e. The highest BCUT2D eigenvalue weighted by atomic mass is 14.0. The van der Waals surface area contributed by atoms with Crippen LogP contribution in [0.1, 0.15) is 18.9 Å². The topological polar surface area (TPSA) is 0 Å². The highest BCUT2D eigenvalue weighted by Gasteiger charge is 2.00. The fourth-order valence-corrected chi connectivity index (χ4v) is 2.64. The molecule has 0 aliphatic heterocycles. The van der Waals surface area contributed by atoms with Crippen molar-refractivity contribution in [2.45, 2.75) is 19.8 Å². The van der Waals surface area contributed by atoms with Crippen LogP contribution in [0.2, 0.25) is 0 Å². The normalized spacial score (nSPS) is 10.5. The first-order valence-electron chi connectivity index (χ1n) is 7.61. The summed E-state index contributed by atoms with van der Waals surface area (Å²) in [6, 6.07) is 28.2. The molecule has 0 unspecified atom stereocenters. The molecule has 21 heavy (non-hydrogen) atoms. The van der Waals surface area contributed by atoms with Gasteiger partial charge in [-0.1, -0.05) is 92.2 Å². The molecule has 0 heterocycles. The molecule has 0 nitrogen and oxygen atoms in total. The van der Waals surface area contributed by atoms with Crippen molar-refractivity contribution < 1.29 is 0 Å². The van der Waals surface area contributed by atoms with E-state index < -0.39 is 0 Å².